The molecule has 12 nitrogen and oxygen atoms in total. The van der Waals surface area contributed by atoms with Gasteiger partial charge in [0.2, 0.25) is 15.9 Å². The second-order valence-electron chi connectivity index (χ2n) is 8.08. The Hall–Kier alpha value is -3.45. The number of carbonyl (C=O) groups is 1. The first kappa shape index (κ1) is 23.7. The molecule has 0 unspecified atom stereocenters. The third kappa shape index (κ3) is 4.61. The molecule has 1 saturated heterocycles. The topological polar surface area (TPSA) is 159 Å². The van der Waals surface area contributed by atoms with Crippen LogP contribution in [0.4, 0.5) is 5.69 Å². The first-order chi connectivity index (χ1) is 16.2. The number of H-pyrrole nitrogens is 2. The minimum absolute atomic E-state index is 0.00660. The van der Waals surface area contributed by atoms with E-state index in [-0.39, 0.29) is 40.6 Å². The van der Waals surface area contributed by atoms with Gasteiger partial charge in [0.05, 0.1) is 7.11 Å². The van der Waals surface area contributed by atoms with Crippen molar-refractivity contribution >= 4 is 32.8 Å². The van der Waals surface area contributed by atoms with E-state index in [4.69, 9.17) is 4.74 Å². The number of nitrogens with zero attached hydrogens (tertiary/aromatic N) is 3. The molecule has 1 aliphatic heterocycles. The van der Waals surface area contributed by atoms with Gasteiger partial charge in [-0.05, 0) is 31.0 Å². The number of sulfonamides is 1. The van der Waals surface area contributed by atoms with Crippen molar-refractivity contribution < 1.29 is 17.9 Å². The lowest BCUT2D eigenvalue weighted by molar-refractivity contribution is -0.116. The predicted octanol–water partition coefficient (Wildman–Crippen LogP) is 0.704. The second-order valence-corrected chi connectivity index (χ2v) is 9.99. The maximum Gasteiger partial charge on any atom is 0.329 e. The van der Waals surface area contributed by atoms with Crippen molar-refractivity contribution in [2.45, 2.75) is 37.0 Å². The zero-order valence-electron chi connectivity index (χ0n) is 18.9. The van der Waals surface area contributed by atoms with Gasteiger partial charge in [-0.3, -0.25) is 19.1 Å². The Balaban J connectivity index is 1.49. The first-order valence-corrected chi connectivity index (χ1v) is 12.3. The van der Waals surface area contributed by atoms with E-state index in [1.165, 1.54) is 35.2 Å². The highest BCUT2D eigenvalue weighted by atomic mass is 32.2. The average molecular weight is 491 g/mol. The summed E-state index contributed by atoms with van der Waals surface area (Å²) < 4.78 is 34.2. The minimum atomic E-state index is -3.76. The summed E-state index contributed by atoms with van der Waals surface area (Å²) in [7, 11) is -0.880. The van der Waals surface area contributed by atoms with Crippen LogP contribution in [0, 0.1) is 0 Å². The molecule has 0 saturated carbocycles. The summed E-state index contributed by atoms with van der Waals surface area (Å²) in [6.45, 7) is 0.905. The normalized spacial score (nSPS) is 14.9. The fourth-order valence-corrected chi connectivity index (χ4v) is 5.63. The smallest absolute Gasteiger partial charge is 0.329 e. The van der Waals surface area contributed by atoms with E-state index in [9.17, 15) is 22.8 Å². The number of hydrogen-bond acceptors (Lipinski definition) is 7. The number of aromatic nitrogens is 4. The van der Waals surface area contributed by atoms with Gasteiger partial charge in [-0.15, -0.1) is 0 Å². The number of carbonyl (C=O) groups excluding carboxylic acids is 1. The zero-order chi connectivity index (χ0) is 24.5. The minimum Gasteiger partial charge on any atom is -0.495 e. The summed E-state index contributed by atoms with van der Waals surface area (Å²) in [4.78, 5) is 45.5. The molecule has 34 heavy (non-hydrogen) atoms. The lowest BCUT2D eigenvalue weighted by Gasteiger charge is -2.26. The number of benzene rings is 1. The predicted molar refractivity (Wildman–Crippen MR) is 125 cm³/mol. The van der Waals surface area contributed by atoms with Gasteiger partial charge in [0, 0.05) is 38.7 Å². The molecule has 0 spiro atoms. The first-order valence-electron chi connectivity index (χ1n) is 10.9. The summed E-state index contributed by atoms with van der Waals surface area (Å²) >= 11 is 0. The van der Waals surface area contributed by atoms with Crippen molar-refractivity contribution in [2.24, 2.45) is 7.05 Å². The van der Waals surface area contributed by atoms with Gasteiger partial charge in [-0.25, -0.2) is 18.2 Å². The Morgan fingerprint density at radius 1 is 1.18 bits per heavy atom. The monoisotopic (exact) mass is 490 g/mol. The van der Waals surface area contributed by atoms with Crippen LogP contribution in [-0.2, 0) is 28.3 Å². The van der Waals surface area contributed by atoms with Crippen molar-refractivity contribution in [3.63, 3.8) is 0 Å². The molecular weight excluding hydrogens is 464 g/mol. The van der Waals surface area contributed by atoms with Crippen LogP contribution in [0.25, 0.3) is 11.2 Å². The van der Waals surface area contributed by atoms with Crippen LogP contribution >= 0.6 is 0 Å². The third-order valence-electron chi connectivity index (χ3n) is 5.77. The number of aryl methyl sites for hydroxylation is 2. The Morgan fingerprint density at radius 3 is 2.62 bits per heavy atom. The molecule has 1 aromatic carbocycles. The van der Waals surface area contributed by atoms with Crippen LogP contribution in [0.3, 0.4) is 0 Å². The SMILES string of the molecule is COc1ccc(NC(=O)CCc2nc3c([nH]2)c(=O)[nH]c(=O)n3C)cc1S(=O)(=O)N1CCCCC1. The van der Waals surface area contributed by atoms with Gasteiger partial charge in [0.15, 0.2) is 5.65 Å². The number of amides is 1. The van der Waals surface area contributed by atoms with E-state index < -0.39 is 21.3 Å². The van der Waals surface area contributed by atoms with Crippen LogP contribution < -0.4 is 21.3 Å². The zero-order valence-corrected chi connectivity index (χ0v) is 19.7. The van der Waals surface area contributed by atoms with Crippen molar-refractivity contribution in [1.29, 1.82) is 0 Å². The summed E-state index contributed by atoms with van der Waals surface area (Å²) in [5.74, 6) is 0.219. The maximum atomic E-state index is 13.1. The number of rotatable bonds is 7. The molecule has 0 aliphatic carbocycles. The molecule has 4 rings (SSSR count). The standard InChI is InChI=1S/C21H26N6O6S/c1-26-19-18(20(29)25-21(26)30)23-16(24-19)8-9-17(28)22-13-6-7-14(33-2)15(12-13)34(31,32)27-10-4-3-5-11-27/h6-7,12H,3-5,8-11H2,1-2H3,(H,22,28)(H,23,24)(H,25,29,30). The lowest BCUT2D eigenvalue weighted by atomic mass is 10.2. The van der Waals surface area contributed by atoms with Crippen LogP contribution in [-0.4, -0.2) is 58.3 Å². The van der Waals surface area contributed by atoms with Crippen molar-refractivity contribution in [3.8, 4) is 5.75 Å². The highest BCUT2D eigenvalue weighted by Crippen LogP contribution is 2.31. The Morgan fingerprint density at radius 2 is 1.91 bits per heavy atom. The lowest BCUT2D eigenvalue weighted by Crippen LogP contribution is -2.35. The molecular formula is C21H26N6O6S. The summed E-state index contributed by atoms with van der Waals surface area (Å²) in [5.41, 5.74) is -0.484. The van der Waals surface area contributed by atoms with Gasteiger partial charge in [0.25, 0.3) is 5.56 Å². The fourth-order valence-electron chi connectivity index (χ4n) is 3.93. The summed E-state index contributed by atoms with van der Waals surface area (Å²) in [5, 5.41) is 2.70. The van der Waals surface area contributed by atoms with Crippen LogP contribution in [0.1, 0.15) is 31.5 Å². The molecule has 1 aliphatic rings. The van der Waals surface area contributed by atoms with E-state index in [0.717, 1.165) is 19.3 Å². The number of nitrogens with one attached hydrogen (secondary N) is 3. The van der Waals surface area contributed by atoms with Crippen molar-refractivity contribution in [3.05, 3.63) is 44.9 Å². The molecule has 1 fully saturated rings. The molecule has 0 bridgehead atoms. The molecule has 182 valence electrons. The fraction of sp³-hybridized carbons (Fsp3) is 0.429. The number of imidazole rings is 1. The van der Waals surface area contributed by atoms with E-state index in [2.05, 4.69) is 20.3 Å². The van der Waals surface area contributed by atoms with E-state index in [1.807, 2.05) is 0 Å². The number of fused-ring (bicyclic) bond motifs is 1. The van der Waals surface area contributed by atoms with E-state index in [1.54, 1.807) is 6.07 Å². The van der Waals surface area contributed by atoms with Crippen molar-refractivity contribution in [2.75, 3.05) is 25.5 Å². The van der Waals surface area contributed by atoms with Crippen LogP contribution in [0.2, 0.25) is 0 Å². The number of hydrogen-bond donors (Lipinski definition) is 3. The van der Waals surface area contributed by atoms with Gasteiger partial charge >= 0.3 is 5.69 Å². The van der Waals surface area contributed by atoms with E-state index >= 15 is 0 Å². The van der Waals surface area contributed by atoms with E-state index in [0.29, 0.717) is 24.6 Å². The number of piperidine rings is 1. The highest BCUT2D eigenvalue weighted by molar-refractivity contribution is 7.89. The highest BCUT2D eigenvalue weighted by Gasteiger charge is 2.29. The molecule has 3 heterocycles. The van der Waals surface area contributed by atoms with Gasteiger partial charge in [-0.1, -0.05) is 6.42 Å². The van der Waals surface area contributed by atoms with Crippen LogP contribution in [0.15, 0.2) is 32.7 Å². The molecule has 3 N–H and O–H groups in total. The molecule has 0 radical (unpaired) electrons. The number of anilines is 1. The summed E-state index contributed by atoms with van der Waals surface area (Å²) in [6.07, 6.45) is 2.81. The summed E-state index contributed by atoms with van der Waals surface area (Å²) in [6, 6.07) is 4.48. The quantitative estimate of drug-likeness (QED) is 0.440. The molecule has 0 atom stereocenters. The Labute approximate surface area is 195 Å². The van der Waals surface area contributed by atoms with Crippen molar-refractivity contribution in [1.82, 2.24) is 23.8 Å². The second kappa shape index (κ2) is 9.43. The number of aromatic amines is 2. The maximum absolute atomic E-state index is 13.1. The van der Waals surface area contributed by atoms with Gasteiger partial charge in [-0.2, -0.15) is 4.31 Å². The molecule has 3 aromatic rings. The average Bonchev–Trinajstić information content (AvgIpc) is 3.27. The Kier molecular flexibility index (Phi) is 6.57. The molecule has 1 amide bonds. The largest absolute Gasteiger partial charge is 0.495 e. The van der Waals surface area contributed by atoms with Gasteiger partial charge in [0.1, 0.15) is 22.0 Å². The van der Waals surface area contributed by atoms with Gasteiger partial charge < -0.3 is 15.0 Å². The molecule has 13 heteroatoms. The number of ether oxygens (including phenoxy) is 1. The number of methoxy groups -OCH3 is 1. The Bertz CT molecular complexity index is 1450. The van der Waals surface area contributed by atoms with Crippen LogP contribution in [0.5, 0.6) is 5.75 Å². The third-order valence-corrected chi connectivity index (χ3v) is 7.69. The molecule has 2 aromatic heterocycles.